The lowest BCUT2D eigenvalue weighted by Crippen LogP contribution is -2.29. The van der Waals surface area contributed by atoms with Gasteiger partial charge in [0.05, 0.1) is 51.7 Å². The monoisotopic (exact) mass is 547 g/mol. The smallest absolute Gasteiger partial charge is 0.300 e. The minimum atomic E-state index is -1.02. The molecule has 3 aromatic carbocycles. The molecule has 1 unspecified atom stereocenters. The zero-order valence-electron chi connectivity index (χ0n) is 23.4. The Balaban J connectivity index is 2.01. The van der Waals surface area contributed by atoms with Crippen molar-refractivity contribution in [2.24, 2.45) is 0 Å². The maximum absolute atomic E-state index is 13.7. The SMILES string of the molecule is CCOc1ccc(/C(O)=C2\C(=O)C(=O)N(c3ccc(C)cc3)C2c2cc(OC)c(OC)c(OC)c2)c(OCC)c1. The lowest BCUT2D eigenvalue weighted by atomic mass is 9.94. The van der Waals surface area contributed by atoms with Crippen LogP contribution in [0.4, 0.5) is 5.69 Å². The third-order valence-corrected chi connectivity index (χ3v) is 6.58. The Kier molecular flexibility index (Phi) is 8.52. The topological polar surface area (TPSA) is 104 Å². The molecule has 1 saturated heterocycles. The molecule has 4 rings (SSSR count). The van der Waals surface area contributed by atoms with E-state index < -0.39 is 17.7 Å². The van der Waals surface area contributed by atoms with Crippen LogP contribution in [0.15, 0.2) is 60.2 Å². The molecule has 1 aliphatic rings. The number of aliphatic hydroxyl groups is 1. The number of amides is 1. The van der Waals surface area contributed by atoms with Gasteiger partial charge >= 0.3 is 0 Å². The summed E-state index contributed by atoms with van der Waals surface area (Å²) in [5.41, 5.74) is 2.09. The Hall–Kier alpha value is -4.66. The molecule has 0 aromatic heterocycles. The van der Waals surface area contributed by atoms with Gasteiger partial charge in [-0.15, -0.1) is 0 Å². The van der Waals surface area contributed by atoms with Gasteiger partial charge in [0.1, 0.15) is 17.3 Å². The van der Waals surface area contributed by atoms with Crippen molar-refractivity contribution >= 4 is 23.1 Å². The zero-order chi connectivity index (χ0) is 29.0. The maximum atomic E-state index is 13.7. The summed E-state index contributed by atoms with van der Waals surface area (Å²) in [4.78, 5) is 28.6. The molecular weight excluding hydrogens is 514 g/mol. The van der Waals surface area contributed by atoms with E-state index in [-0.39, 0.29) is 16.9 Å². The summed E-state index contributed by atoms with van der Waals surface area (Å²) < 4.78 is 28.0. The van der Waals surface area contributed by atoms with E-state index in [0.717, 1.165) is 5.56 Å². The number of carbonyl (C=O) groups excluding carboxylic acids is 2. The third-order valence-electron chi connectivity index (χ3n) is 6.58. The molecule has 40 heavy (non-hydrogen) atoms. The van der Waals surface area contributed by atoms with E-state index in [1.807, 2.05) is 32.9 Å². The van der Waals surface area contributed by atoms with E-state index in [1.165, 1.54) is 26.2 Å². The first kappa shape index (κ1) is 28.4. The Labute approximate surface area is 233 Å². The van der Waals surface area contributed by atoms with Crippen molar-refractivity contribution in [3.05, 3.63) is 76.9 Å². The number of hydrogen-bond donors (Lipinski definition) is 1. The summed E-state index contributed by atoms with van der Waals surface area (Å²) >= 11 is 0. The van der Waals surface area contributed by atoms with Gasteiger partial charge in [-0.25, -0.2) is 0 Å². The number of nitrogens with zero attached hydrogens (tertiary/aromatic N) is 1. The van der Waals surface area contributed by atoms with Crippen LogP contribution in [0.2, 0.25) is 0 Å². The van der Waals surface area contributed by atoms with Crippen LogP contribution in [-0.4, -0.2) is 51.3 Å². The predicted octanol–water partition coefficient (Wildman–Crippen LogP) is 5.44. The molecule has 0 bridgehead atoms. The number of ketones is 1. The number of hydrogen-bond acceptors (Lipinski definition) is 8. The summed E-state index contributed by atoms with van der Waals surface area (Å²) in [5, 5.41) is 11.7. The van der Waals surface area contributed by atoms with Crippen molar-refractivity contribution < 1.29 is 38.4 Å². The molecule has 1 aliphatic heterocycles. The fraction of sp³-hybridized carbons (Fsp3) is 0.290. The molecule has 0 radical (unpaired) electrons. The number of rotatable bonds is 10. The molecule has 1 fully saturated rings. The van der Waals surface area contributed by atoms with Gasteiger partial charge in [-0.2, -0.15) is 0 Å². The van der Waals surface area contributed by atoms with Crippen LogP contribution < -0.4 is 28.6 Å². The first-order chi connectivity index (χ1) is 19.3. The van der Waals surface area contributed by atoms with Crippen molar-refractivity contribution in [2.75, 3.05) is 39.4 Å². The van der Waals surface area contributed by atoms with Gasteiger partial charge in [0.15, 0.2) is 11.5 Å². The lowest BCUT2D eigenvalue weighted by molar-refractivity contribution is -0.132. The number of methoxy groups -OCH3 is 3. The van der Waals surface area contributed by atoms with Crippen LogP contribution in [0.25, 0.3) is 5.76 Å². The predicted molar refractivity (Wildman–Crippen MR) is 151 cm³/mol. The van der Waals surface area contributed by atoms with Gasteiger partial charge < -0.3 is 28.8 Å². The number of ether oxygens (including phenoxy) is 5. The van der Waals surface area contributed by atoms with Gasteiger partial charge in [-0.05, 0) is 62.7 Å². The second kappa shape index (κ2) is 12.0. The van der Waals surface area contributed by atoms with Gasteiger partial charge in [0, 0.05) is 11.8 Å². The van der Waals surface area contributed by atoms with Gasteiger partial charge in [0.25, 0.3) is 11.7 Å². The van der Waals surface area contributed by atoms with Crippen molar-refractivity contribution in [1.82, 2.24) is 0 Å². The summed E-state index contributed by atoms with van der Waals surface area (Å²) in [6.07, 6.45) is 0. The fourth-order valence-corrected chi connectivity index (χ4v) is 4.75. The molecule has 210 valence electrons. The number of Topliss-reactive ketones (excluding diaryl/α,β-unsaturated/α-hetero) is 1. The highest BCUT2D eigenvalue weighted by atomic mass is 16.5. The fourth-order valence-electron chi connectivity index (χ4n) is 4.75. The molecule has 1 N–H and O–H groups in total. The van der Waals surface area contributed by atoms with Crippen LogP contribution in [0.1, 0.15) is 36.6 Å². The lowest BCUT2D eigenvalue weighted by Gasteiger charge is -2.27. The molecule has 9 nitrogen and oxygen atoms in total. The highest BCUT2D eigenvalue weighted by Gasteiger charge is 2.47. The molecule has 1 heterocycles. The summed E-state index contributed by atoms with van der Waals surface area (Å²) in [5.74, 6) is -0.115. The average Bonchev–Trinajstić information content (AvgIpc) is 3.22. The first-order valence-electron chi connectivity index (χ1n) is 12.9. The zero-order valence-corrected chi connectivity index (χ0v) is 23.4. The Morgan fingerprint density at radius 2 is 1.45 bits per heavy atom. The van der Waals surface area contributed by atoms with Crippen LogP contribution in [0.3, 0.4) is 0 Å². The number of carbonyl (C=O) groups is 2. The van der Waals surface area contributed by atoms with E-state index >= 15 is 0 Å². The molecule has 0 spiro atoms. The molecular formula is C31H33NO8. The van der Waals surface area contributed by atoms with E-state index in [2.05, 4.69) is 0 Å². The van der Waals surface area contributed by atoms with E-state index in [4.69, 9.17) is 23.7 Å². The summed E-state index contributed by atoms with van der Waals surface area (Å²) in [6, 6.07) is 14.4. The van der Waals surface area contributed by atoms with Crippen molar-refractivity contribution in [3.63, 3.8) is 0 Å². The summed E-state index contributed by atoms with van der Waals surface area (Å²) in [7, 11) is 4.44. The van der Waals surface area contributed by atoms with Crippen LogP contribution in [-0.2, 0) is 9.59 Å². The molecule has 0 aliphatic carbocycles. The number of aliphatic hydroxyl groups excluding tert-OH is 1. The van der Waals surface area contributed by atoms with Crippen LogP contribution >= 0.6 is 0 Å². The minimum Gasteiger partial charge on any atom is -0.507 e. The quantitative estimate of drug-likeness (QED) is 0.203. The van der Waals surface area contributed by atoms with E-state index in [9.17, 15) is 14.7 Å². The first-order valence-corrected chi connectivity index (χ1v) is 12.9. The van der Waals surface area contributed by atoms with Crippen molar-refractivity contribution in [2.45, 2.75) is 26.8 Å². The third kappa shape index (κ3) is 5.14. The van der Waals surface area contributed by atoms with Crippen LogP contribution in [0, 0.1) is 6.92 Å². The normalized spacial score (nSPS) is 16.1. The second-order valence-corrected chi connectivity index (χ2v) is 8.99. The van der Waals surface area contributed by atoms with Gasteiger partial charge in [-0.1, -0.05) is 17.7 Å². The Morgan fingerprint density at radius 3 is 2.00 bits per heavy atom. The molecule has 1 amide bonds. The standard InChI is InChI=1S/C31H33NO8/c1-7-39-21-13-14-22(23(17-21)40-8-2)28(33)26-27(19-15-24(36-4)30(38-6)25(16-19)37-5)32(31(35)29(26)34)20-11-9-18(3)10-12-20/h9-17,27,33H,7-8H2,1-6H3/b28-26+. The van der Waals surface area contributed by atoms with E-state index in [1.54, 1.807) is 42.5 Å². The van der Waals surface area contributed by atoms with Gasteiger partial charge in [-0.3, -0.25) is 14.5 Å². The second-order valence-electron chi connectivity index (χ2n) is 8.99. The number of benzene rings is 3. The highest BCUT2D eigenvalue weighted by molar-refractivity contribution is 6.51. The molecule has 3 aromatic rings. The minimum absolute atomic E-state index is 0.107. The molecule has 0 saturated carbocycles. The van der Waals surface area contributed by atoms with Crippen molar-refractivity contribution in [3.8, 4) is 28.7 Å². The Morgan fingerprint density at radius 1 is 0.825 bits per heavy atom. The Bertz CT molecular complexity index is 1420. The number of aryl methyl sites for hydroxylation is 1. The largest absolute Gasteiger partial charge is 0.507 e. The maximum Gasteiger partial charge on any atom is 0.300 e. The number of anilines is 1. The van der Waals surface area contributed by atoms with Crippen LogP contribution in [0.5, 0.6) is 28.7 Å². The van der Waals surface area contributed by atoms with E-state index in [0.29, 0.717) is 53.2 Å². The molecule has 1 atom stereocenters. The molecule has 9 heteroatoms. The van der Waals surface area contributed by atoms with Gasteiger partial charge in [0.2, 0.25) is 5.75 Å². The van der Waals surface area contributed by atoms with Crippen molar-refractivity contribution in [1.29, 1.82) is 0 Å². The average molecular weight is 548 g/mol. The summed E-state index contributed by atoms with van der Waals surface area (Å²) in [6.45, 7) is 6.35. The highest BCUT2D eigenvalue weighted by Crippen LogP contribution is 2.47.